The third-order valence-corrected chi connectivity index (χ3v) is 5.14. The van der Waals surface area contributed by atoms with Crippen LogP contribution >= 0.6 is 11.3 Å². The number of thiazole rings is 1. The molecule has 1 aromatic heterocycles. The number of aryl methyl sites for hydroxylation is 2. The molecule has 1 heterocycles. The molecule has 3 rings (SSSR count). The van der Waals surface area contributed by atoms with Gasteiger partial charge in [0.1, 0.15) is 0 Å². The minimum absolute atomic E-state index is 0.0334. The second-order valence-corrected chi connectivity index (χ2v) is 6.87. The standard InChI is InChI=1S/C17H22N2O2S/c1-4-21-8-7-19-14-10-11(2)9-12(3)15(14)22-17(19)18-16(20)13-5-6-13/h9-10,13H,4-8H2,1-3H3. The van der Waals surface area contributed by atoms with Crippen molar-refractivity contribution in [3.8, 4) is 0 Å². The summed E-state index contributed by atoms with van der Waals surface area (Å²) in [6, 6.07) is 4.35. The van der Waals surface area contributed by atoms with E-state index in [0.29, 0.717) is 13.2 Å². The van der Waals surface area contributed by atoms with Gasteiger partial charge in [-0.25, -0.2) is 0 Å². The highest BCUT2D eigenvalue weighted by atomic mass is 32.1. The first-order chi connectivity index (χ1) is 10.6. The number of nitrogens with zero attached hydrogens (tertiary/aromatic N) is 2. The van der Waals surface area contributed by atoms with Crippen molar-refractivity contribution >= 4 is 27.5 Å². The molecule has 0 bridgehead atoms. The molecule has 0 radical (unpaired) electrons. The van der Waals surface area contributed by atoms with E-state index in [2.05, 4.69) is 35.5 Å². The van der Waals surface area contributed by atoms with Crippen LogP contribution in [0.3, 0.4) is 0 Å². The Hall–Kier alpha value is -1.46. The van der Waals surface area contributed by atoms with Gasteiger partial charge in [0.2, 0.25) is 0 Å². The SMILES string of the molecule is CCOCCn1c(=NC(=O)C2CC2)sc2c(C)cc(C)cc21. The topological polar surface area (TPSA) is 43.6 Å². The van der Waals surface area contributed by atoms with Gasteiger partial charge in [0.15, 0.2) is 4.80 Å². The molecule has 2 aromatic rings. The summed E-state index contributed by atoms with van der Waals surface area (Å²) in [6.45, 7) is 8.28. The molecule has 0 atom stereocenters. The first-order valence-electron chi connectivity index (χ1n) is 7.87. The zero-order chi connectivity index (χ0) is 15.7. The quantitative estimate of drug-likeness (QED) is 0.795. The van der Waals surface area contributed by atoms with E-state index in [0.717, 1.165) is 29.7 Å². The molecule has 1 aliphatic carbocycles. The molecule has 1 aromatic carbocycles. The van der Waals surface area contributed by atoms with Crippen LogP contribution in [0.25, 0.3) is 10.2 Å². The summed E-state index contributed by atoms with van der Waals surface area (Å²) in [6.07, 6.45) is 1.98. The number of amides is 1. The van der Waals surface area contributed by atoms with Gasteiger partial charge in [-0.15, -0.1) is 0 Å². The molecule has 5 heteroatoms. The molecule has 1 fully saturated rings. The van der Waals surface area contributed by atoms with Crippen molar-refractivity contribution in [2.45, 2.75) is 40.2 Å². The lowest BCUT2D eigenvalue weighted by atomic mass is 10.1. The second kappa shape index (κ2) is 6.34. The lowest BCUT2D eigenvalue weighted by Gasteiger charge is -2.06. The Bertz CT molecular complexity index is 769. The van der Waals surface area contributed by atoms with Gasteiger partial charge in [0.05, 0.1) is 16.8 Å². The van der Waals surface area contributed by atoms with Crippen molar-refractivity contribution in [3.05, 3.63) is 28.1 Å². The molecular weight excluding hydrogens is 296 g/mol. The Morgan fingerprint density at radius 2 is 2.18 bits per heavy atom. The smallest absolute Gasteiger partial charge is 0.251 e. The van der Waals surface area contributed by atoms with E-state index >= 15 is 0 Å². The minimum atomic E-state index is 0.0334. The number of hydrogen-bond acceptors (Lipinski definition) is 3. The van der Waals surface area contributed by atoms with E-state index in [1.807, 2.05) is 6.92 Å². The summed E-state index contributed by atoms with van der Waals surface area (Å²) in [5.74, 6) is 0.194. The Morgan fingerprint density at radius 3 is 2.86 bits per heavy atom. The van der Waals surface area contributed by atoms with Crippen LogP contribution in [0.5, 0.6) is 0 Å². The van der Waals surface area contributed by atoms with E-state index in [-0.39, 0.29) is 11.8 Å². The first kappa shape index (κ1) is 15.4. The van der Waals surface area contributed by atoms with Gasteiger partial charge in [-0.05, 0) is 50.8 Å². The molecule has 0 N–H and O–H groups in total. The molecule has 4 nitrogen and oxygen atoms in total. The number of carbonyl (C=O) groups is 1. The van der Waals surface area contributed by atoms with Gasteiger partial charge in [-0.2, -0.15) is 4.99 Å². The van der Waals surface area contributed by atoms with Crippen LogP contribution in [-0.2, 0) is 16.1 Å². The zero-order valence-corrected chi connectivity index (χ0v) is 14.2. The monoisotopic (exact) mass is 318 g/mol. The van der Waals surface area contributed by atoms with Crippen LogP contribution in [0, 0.1) is 19.8 Å². The number of carbonyl (C=O) groups excluding carboxylic acids is 1. The fraction of sp³-hybridized carbons (Fsp3) is 0.529. The maximum Gasteiger partial charge on any atom is 0.251 e. The van der Waals surface area contributed by atoms with E-state index in [4.69, 9.17) is 4.74 Å². The van der Waals surface area contributed by atoms with Crippen molar-refractivity contribution < 1.29 is 9.53 Å². The predicted molar refractivity (Wildman–Crippen MR) is 89.1 cm³/mol. The van der Waals surface area contributed by atoms with E-state index in [1.54, 1.807) is 11.3 Å². The molecule has 0 spiro atoms. The van der Waals surface area contributed by atoms with E-state index in [9.17, 15) is 4.79 Å². The Morgan fingerprint density at radius 1 is 1.41 bits per heavy atom. The summed E-state index contributed by atoms with van der Waals surface area (Å²) < 4.78 is 8.84. The highest BCUT2D eigenvalue weighted by molar-refractivity contribution is 7.16. The molecule has 22 heavy (non-hydrogen) atoms. The van der Waals surface area contributed by atoms with Crippen LogP contribution < -0.4 is 4.80 Å². The van der Waals surface area contributed by atoms with Crippen molar-refractivity contribution in [1.29, 1.82) is 0 Å². The van der Waals surface area contributed by atoms with Gasteiger partial charge in [-0.1, -0.05) is 17.4 Å². The summed E-state index contributed by atoms with van der Waals surface area (Å²) in [4.78, 5) is 17.3. The van der Waals surface area contributed by atoms with Gasteiger partial charge < -0.3 is 9.30 Å². The summed E-state index contributed by atoms with van der Waals surface area (Å²) in [5, 5.41) is 0. The van der Waals surface area contributed by atoms with Gasteiger partial charge in [0, 0.05) is 19.1 Å². The van der Waals surface area contributed by atoms with Crippen molar-refractivity contribution in [1.82, 2.24) is 4.57 Å². The Balaban J connectivity index is 2.10. The number of fused-ring (bicyclic) bond motifs is 1. The average Bonchev–Trinajstić information content (AvgIpc) is 3.26. The highest BCUT2D eigenvalue weighted by Crippen LogP contribution is 2.30. The summed E-state index contributed by atoms with van der Waals surface area (Å²) >= 11 is 1.61. The molecule has 1 saturated carbocycles. The van der Waals surface area contributed by atoms with Crippen LogP contribution in [0.4, 0.5) is 0 Å². The lowest BCUT2D eigenvalue weighted by molar-refractivity contribution is -0.119. The van der Waals surface area contributed by atoms with Crippen LogP contribution in [0.2, 0.25) is 0 Å². The molecule has 0 unspecified atom stereocenters. The Labute approximate surface area is 134 Å². The van der Waals surface area contributed by atoms with Gasteiger partial charge >= 0.3 is 0 Å². The number of aromatic nitrogens is 1. The number of benzene rings is 1. The molecule has 118 valence electrons. The van der Waals surface area contributed by atoms with Crippen LogP contribution in [0.1, 0.15) is 30.9 Å². The summed E-state index contributed by atoms with van der Waals surface area (Å²) in [5.41, 5.74) is 3.63. The second-order valence-electron chi connectivity index (χ2n) is 5.89. The number of hydrogen-bond donors (Lipinski definition) is 0. The summed E-state index contributed by atoms with van der Waals surface area (Å²) in [7, 11) is 0. The van der Waals surface area contributed by atoms with Gasteiger partial charge in [-0.3, -0.25) is 4.79 Å². The molecule has 0 saturated heterocycles. The third-order valence-electron chi connectivity index (χ3n) is 3.91. The fourth-order valence-electron chi connectivity index (χ4n) is 2.63. The van der Waals surface area contributed by atoms with Gasteiger partial charge in [0.25, 0.3) is 5.91 Å². The molecule has 0 aliphatic heterocycles. The predicted octanol–water partition coefficient (Wildman–Crippen LogP) is 3.19. The largest absolute Gasteiger partial charge is 0.380 e. The Kier molecular flexibility index (Phi) is 4.45. The minimum Gasteiger partial charge on any atom is -0.380 e. The highest BCUT2D eigenvalue weighted by Gasteiger charge is 2.29. The van der Waals surface area contributed by atoms with E-state index in [1.165, 1.54) is 15.8 Å². The lowest BCUT2D eigenvalue weighted by Crippen LogP contribution is -2.20. The first-order valence-corrected chi connectivity index (χ1v) is 8.68. The van der Waals surface area contributed by atoms with E-state index < -0.39 is 0 Å². The molecule has 1 amide bonds. The molecule has 1 aliphatic rings. The average molecular weight is 318 g/mol. The zero-order valence-electron chi connectivity index (χ0n) is 13.4. The van der Waals surface area contributed by atoms with Crippen molar-refractivity contribution in [3.63, 3.8) is 0 Å². The normalized spacial score (nSPS) is 15.7. The number of ether oxygens (including phenoxy) is 1. The number of rotatable bonds is 5. The van der Waals surface area contributed by atoms with Crippen molar-refractivity contribution in [2.75, 3.05) is 13.2 Å². The maximum atomic E-state index is 12.1. The maximum absolute atomic E-state index is 12.1. The van der Waals surface area contributed by atoms with Crippen LogP contribution in [-0.4, -0.2) is 23.7 Å². The fourth-order valence-corrected chi connectivity index (χ4v) is 3.74. The third kappa shape index (κ3) is 3.15. The molecular formula is C17H22N2O2S. The van der Waals surface area contributed by atoms with Crippen LogP contribution in [0.15, 0.2) is 17.1 Å². The van der Waals surface area contributed by atoms with Crippen molar-refractivity contribution in [2.24, 2.45) is 10.9 Å².